The van der Waals surface area contributed by atoms with E-state index in [2.05, 4.69) is 48.5 Å². The Morgan fingerprint density at radius 3 is 2.03 bits per heavy atom. The highest BCUT2D eigenvalue weighted by Gasteiger charge is 2.90. The zero-order valence-corrected chi connectivity index (χ0v) is 23.0. The van der Waals surface area contributed by atoms with Gasteiger partial charge in [-0.05, 0) is 96.2 Å². The molecule has 5 rings (SSSR count). The van der Waals surface area contributed by atoms with E-state index in [1.807, 2.05) is 0 Å². The summed E-state index contributed by atoms with van der Waals surface area (Å²) in [5.74, 6) is -2.09. The highest BCUT2D eigenvalue weighted by atomic mass is 16.6. The summed E-state index contributed by atoms with van der Waals surface area (Å²) in [5.41, 5.74) is -0.818. The summed E-state index contributed by atoms with van der Waals surface area (Å²) in [6.45, 7) is 16.5. The lowest BCUT2D eigenvalue weighted by molar-refractivity contribution is -0.431. The second-order valence-electron chi connectivity index (χ2n) is 15.4. The van der Waals surface area contributed by atoms with Gasteiger partial charge in [0, 0.05) is 11.8 Å². The third-order valence-electron chi connectivity index (χ3n) is 13.3. The second kappa shape index (κ2) is 7.23. The van der Waals surface area contributed by atoms with Gasteiger partial charge in [-0.3, -0.25) is 0 Å². The molecule has 4 nitrogen and oxygen atoms in total. The van der Waals surface area contributed by atoms with Gasteiger partial charge < -0.3 is 20.4 Å². The molecule has 4 heteroatoms. The van der Waals surface area contributed by atoms with Crippen LogP contribution in [-0.4, -0.2) is 32.0 Å². The fourth-order valence-corrected chi connectivity index (χ4v) is 11.6. The summed E-state index contributed by atoms with van der Waals surface area (Å²) in [6.07, 6.45) is 11.5. The van der Waals surface area contributed by atoms with Gasteiger partial charge in [-0.1, -0.05) is 67.7 Å². The van der Waals surface area contributed by atoms with Gasteiger partial charge in [0.15, 0.2) is 0 Å². The first-order valence-electron chi connectivity index (χ1n) is 14.4. The third-order valence-corrected chi connectivity index (χ3v) is 13.3. The maximum Gasteiger partial charge on any atom is 0.225 e. The standard InChI is InChI=1S/C30H52O4/c1-19(2)9-8-10-20(3)21-13-14-26(7)23-12-11-22-24(4,5)17-29(31,32)30(33,34)28(22)18-27(23,28)16-15-25(21,26)6/h19-23,31-34H,8-18H2,1-7H3/t20-,21-,22+,23+,25-,26+,27+,28-/m1/s1. The number of hydrogen-bond acceptors (Lipinski definition) is 4. The van der Waals surface area contributed by atoms with Crippen molar-refractivity contribution in [3.8, 4) is 0 Å². The van der Waals surface area contributed by atoms with Crippen molar-refractivity contribution in [3.05, 3.63) is 0 Å². The summed E-state index contributed by atoms with van der Waals surface area (Å²) in [6, 6.07) is 0. The van der Waals surface area contributed by atoms with Crippen LogP contribution in [0.1, 0.15) is 119 Å². The maximum absolute atomic E-state index is 11.5. The molecule has 2 spiro atoms. The van der Waals surface area contributed by atoms with Crippen LogP contribution in [0.4, 0.5) is 0 Å². The van der Waals surface area contributed by atoms with Gasteiger partial charge in [0.05, 0.1) is 0 Å². The zero-order chi connectivity index (χ0) is 25.2. The molecule has 5 saturated carbocycles. The number of hydrogen-bond donors (Lipinski definition) is 4. The van der Waals surface area contributed by atoms with Gasteiger partial charge in [0.25, 0.3) is 0 Å². The van der Waals surface area contributed by atoms with E-state index in [9.17, 15) is 20.4 Å². The normalized spacial score (nSPS) is 50.6. The van der Waals surface area contributed by atoms with Crippen LogP contribution in [-0.2, 0) is 0 Å². The summed E-state index contributed by atoms with van der Waals surface area (Å²) < 4.78 is 0. The minimum Gasteiger partial charge on any atom is -0.361 e. The molecule has 5 fully saturated rings. The first kappa shape index (κ1) is 25.5. The van der Waals surface area contributed by atoms with E-state index in [-0.39, 0.29) is 34.0 Å². The predicted octanol–water partition coefficient (Wildman–Crippen LogP) is 5.86. The largest absolute Gasteiger partial charge is 0.361 e. The molecular weight excluding hydrogens is 424 g/mol. The minimum atomic E-state index is -2.46. The fraction of sp³-hybridized carbons (Fsp3) is 1.00. The lowest BCUT2D eigenvalue weighted by Gasteiger charge is -2.66. The van der Waals surface area contributed by atoms with Crippen molar-refractivity contribution in [1.29, 1.82) is 0 Å². The Balaban J connectivity index is 1.47. The molecule has 0 aliphatic heterocycles. The van der Waals surface area contributed by atoms with Crippen LogP contribution in [0.3, 0.4) is 0 Å². The molecule has 5 aliphatic carbocycles. The lowest BCUT2D eigenvalue weighted by atomic mass is 9.40. The van der Waals surface area contributed by atoms with Crippen molar-refractivity contribution in [3.63, 3.8) is 0 Å². The number of aliphatic hydroxyl groups is 4. The molecule has 0 saturated heterocycles. The minimum absolute atomic E-state index is 0.0190. The van der Waals surface area contributed by atoms with E-state index in [0.717, 1.165) is 49.9 Å². The molecule has 0 unspecified atom stereocenters. The van der Waals surface area contributed by atoms with Crippen LogP contribution in [0.25, 0.3) is 0 Å². The molecule has 0 bridgehead atoms. The van der Waals surface area contributed by atoms with Gasteiger partial charge in [0.2, 0.25) is 11.6 Å². The van der Waals surface area contributed by atoms with Crippen LogP contribution >= 0.6 is 0 Å². The molecule has 0 aromatic carbocycles. The van der Waals surface area contributed by atoms with Gasteiger partial charge in [-0.15, -0.1) is 0 Å². The summed E-state index contributed by atoms with van der Waals surface area (Å²) in [7, 11) is 0. The highest BCUT2D eigenvalue weighted by molar-refractivity contribution is 5.35. The Bertz CT molecular complexity index is 832. The summed E-state index contributed by atoms with van der Waals surface area (Å²) in [5, 5.41) is 44.9. The predicted molar refractivity (Wildman–Crippen MR) is 134 cm³/mol. The van der Waals surface area contributed by atoms with Gasteiger partial charge in [-0.25, -0.2) is 0 Å². The third kappa shape index (κ3) is 2.81. The van der Waals surface area contributed by atoms with Crippen LogP contribution in [0.5, 0.6) is 0 Å². The topological polar surface area (TPSA) is 80.9 Å². The molecule has 0 radical (unpaired) electrons. The molecule has 196 valence electrons. The van der Waals surface area contributed by atoms with Crippen LogP contribution in [0, 0.1) is 56.7 Å². The molecule has 0 amide bonds. The van der Waals surface area contributed by atoms with E-state index in [0.29, 0.717) is 5.92 Å². The Kier molecular flexibility index (Phi) is 5.42. The van der Waals surface area contributed by atoms with E-state index >= 15 is 0 Å². The average molecular weight is 477 g/mol. The van der Waals surface area contributed by atoms with Gasteiger partial charge in [0.1, 0.15) is 0 Å². The van der Waals surface area contributed by atoms with E-state index in [1.165, 1.54) is 32.1 Å². The summed E-state index contributed by atoms with van der Waals surface area (Å²) in [4.78, 5) is 0. The van der Waals surface area contributed by atoms with Gasteiger partial charge in [-0.2, -0.15) is 0 Å². The van der Waals surface area contributed by atoms with Crippen molar-refractivity contribution in [1.82, 2.24) is 0 Å². The second-order valence-corrected chi connectivity index (χ2v) is 15.4. The number of rotatable bonds is 5. The van der Waals surface area contributed by atoms with Crippen molar-refractivity contribution in [2.45, 2.75) is 131 Å². The molecule has 0 aromatic heterocycles. The Hall–Kier alpha value is -0.160. The molecule has 0 aromatic rings. The smallest absolute Gasteiger partial charge is 0.225 e. The first-order chi connectivity index (χ1) is 15.5. The van der Waals surface area contributed by atoms with Crippen molar-refractivity contribution in [2.75, 3.05) is 0 Å². The summed E-state index contributed by atoms with van der Waals surface area (Å²) >= 11 is 0. The Morgan fingerprint density at radius 2 is 1.38 bits per heavy atom. The fourth-order valence-electron chi connectivity index (χ4n) is 11.6. The monoisotopic (exact) mass is 476 g/mol. The first-order valence-corrected chi connectivity index (χ1v) is 14.4. The maximum atomic E-state index is 11.5. The average Bonchev–Trinajstić information content (AvgIpc) is 3.32. The van der Waals surface area contributed by atoms with Crippen molar-refractivity contribution >= 4 is 0 Å². The van der Waals surface area contributed by atoms with E-state index in [4.69, 9.17) is 0 Å². The molecule has 5 aliphatic rings. The van der Waals surface area contributed by atoms with Gasteiger partial charge >= 0.3 is 0 Å². The van der Waals surface area contributed by atoms with Crippen LogP contribution < -0.4 is 0 Å². The quantitative estimate of drug-likeness (QED) is 0.375. The zero-order valence-electron chi connectivity index (χ0n) is 23.0. The number of fused-ring (bicyclic) bond motifs is 2. The molecule has 34 heavy (non-hydrogen) atoms. The van der Waals surface area contributed by atoms with Crippen molar-refractivity contribution in [2.24, 2.45) is 56.7 Å². The molecule has 0 heterocycles. The van der Waals surface area contributed by atoms with E-state index < -0.39 is 17.0 Å². The van der Waals surface area contributed by atoms with E-state index in [1.54, 1.807) is 0 Å². The lowest BCUT2D eigenvalue weighted by Crippen LogP contribution is -2.72. The van der Waals surface area contributed by atoms with Crippen LogP contribution in [0.15, 0.2) is 0 Å². The van der Waals surface area contributed by atoms with Crippen LogP contribution in [0.2, 0.25) is 0 Å². The Morgan fingerprint density at radius 1 is 0.735 bits per heavy atom. The van der Waals surface area contributed by atoms with Crippen molar-refractivity contribution < 1.29 is 20.4 Å². The SMILES string of the molecule is CC(C)CCC[C@@H](C)[C@H]1CC[C@@]2(C)[C@@H]3CC[C@H]4C(C)(C)CC(O)(O)C(O)(O)[C@]45C[C@@]35CC[C@]12C. The Labute approximate surface area is 207 Å². The molecule has 8 atom stereocenters. The molecular formula is C30H52O4. The molecule has 4 N–H and O–H groups in total. The highest BCUT2D eigenvalue weighted by Crippen LogP contribution is 2.90.